The molecule has 7 nitrogen and oxygen atoms in total. The third kappa shape index (κ3) is 8.90. The number of carbonyl (C=O) groups excluding carboxylic acids is 3. The molecule has 0 saturated heterocycles. The van der Waals surface area contributed by atoms with Gasteiger partial charge in [0.2, 0.25) is 0 Å². The van der Waals surface area contributed by atoms with E-state index in [1.807, 2.05) is 43.3 Å². The maximum absolute atomic E-state index is 12.4. The number of nitrogens with one attached hydrogen (secondary N) is 3. The Balaban J connectivity index is 1.75. The number of aryl methyl sites for hydroxylation is 1. The van der Waals surface area contributed by atoms with Crippen LogP contribution in [0.4, 0.5) is 10.5 Å². The largest absolute Gasteiger partial charge is 0.454 e. The summed E-state index contributed by atoms with van der Waals surface area (Å²) in [5.74, 6) is -1.22. The minimum atomic E-state index is -0.869. The molecule has 0 unspecified atom stereocenters. The van der Waals surface area contributed by atoms with Gasteiger partial charge in [0.15, 0.2) is 6.61 Å². The van der Waals surface area contributed by atoms with Gasteiger partial charge >= 0.3 is 12.0 Å². The van der Waals surface area contributed by atoms with E-state index in [0.717, 1.165) is 12.8 Å². The predicted octanol–water partition coefficient (Wildman–Crippen LogP) is 3.51. The number of para-hydroxylation sites is 1. The van der Waals surface area contributed by atoms with Gasteiger partial charge < -0.3 is 20.7 Å². The fourth-order valence-corrected chi connectivity index (χ4v) is 2.97. The van der Waals surface area contributed by atoms with E-state index in [1.54, 1.807) is 38.1 Å². The van der Waals surface area contributed by atoms with Crippen LogP contribution in [0.2, 0.25) is 0 Å². The molecule has 3 amide bonds. The van der Waals surface area contributed by atoms with Gasteiger partial charge in [-0.1, -0.05) is 62.4 Å². The lowest BCUT2D eigenvalue weighted by molar-refractivity contribution is -0.151. The Morgan fingerprint density at radius 1 is 0.871 bits per heavy atom. The summed E-state index contributed by atoms with van der Waals surface area (Å²) in [5.41, 5.74) is 1.81. The summed E-state index contributed by atoms with van der Waals surface area (Å²) in [5, 5.41) is 8.11. The zero-order valence-electron chi connectivity index (χ0n) is 18.3. The number of esters is 1. The number of hydrogen-bond donors (Lipinski definition) is 3. The first-order valence-electron chi connectivity index (χ1n) is 10.5. The lowest BCUT2D eigenvalue weighted by Gasteiger charge is -2.21. The number of rotatable bonds is 10. The summed E-state index contributed by atoms with van der Waals surface area (Å²) in [7, 11) is 0. The number of benzene rings is 2. The Kier molecular flexibility index (Phi) is 9.55. The number of ether oxygens (including phenoxy) is 1. The Morgan fingerprint density at radius 2 is 1.48 bits per heavy atom. The molecule has 31 heavy (non-hydrogen) atoms. The van der Waals surface area contributed by atoms with E-state index in [-0.39, 0.29) is 24.5 Å². The molecule has 0 fully saturated rings. The van der Waals surface area contributed by atoms with E-state index in [2.05, 4.69) is 16.0 Å². The first kappa shape index (κ1) is 23.9. The van der Waals surface area contributed by atoms with Crippen LogP contribution in [0.25, 0.3) is 0 Å². The Labute approximate surface area is 183 Å². The second kappa shape index (κ2) is 12.4. The van der Waals surface area contributed by atoms with Crippen LogP contribution < -0.4 is 16.0 Å². The molecule has 166 valence electrons. The van der Waals surface area contributed by atoms with Crippen LogP contribution in [-0.2, 0) is 20.7 Å². The lowest BCUT2D eigenvalue weighted by atomic mass is 10.1. The maximum atomic E-state index is 12.4. The van der Waals surface area contributed by atoms with Crippen molar-refractivity contribution in [3.05, 3.63) is 66.2 Å². The smallest absolute Gasteiger partial charge is 0.329 e. The Bertz CT molecular complexity index is 840. The molecule has 0 aliphatic rings. The van der Waals surface area contributed by atoms with E-state index >= 15 is 0 Å². The highest BCUT2D eigenvalue weighted by Gasteiger charge is 2.26. The van der Waals surface area contributed by atoms with Crippen molar-refractivity contribution in [1.82, 2.24) is 10.6 Å². The average molecular weight is 426 g/mol. The third-order valence-corrected chi connectivity index (χ3v) is 4.70. The minimum Gasteiger partial charge on any atom is -0.454 e. The van der Waals surface area contributed by atoms with Gasteiger partial charge in [0, 0.05) is 11.7 Å². The molecule has 0 spiro atoms. The van der Waals surface area contributed by atoms with Crippen molar-refractivity contribution in [3.63, 3.8) is 0 Å². The molecule has 2 aromatic rings. The highest BCUT2D eigenvalue weighted by Crippen LogP contribution is 2.08. The predicted molar refractivity (Wildman–Crippen MR) is 121 cm³/mol. The molecule has 0 aliphatic carbocycles. The van der Waals surface area contributed by atoms with Crippen molar-refractivity contribution in [2.75, 3.05) is 11.9 Å². The summed E-state index contributed by atoms with van der Waals surface area (Å²) >= 11 is 0. The highest BCUT2D eigenvalue weighted by molar-refractivity contribution is 5.93. The Morgan fingerprint density at radius 3 is 2.10 bits per heavy atom. The maximum Gasteiger partial charge on any atom is 0.329 e. The van der Waals surface area contributed by atoms with Crippen molar-refractivity contribution < 1.29 is 19.1 Å². The number of hydrogen-bond acceptors (Lipinski definition) is 4. The first-order valence-corrected chi connectivity index (χ1v) is 10.5. The van der Waals surface area contributed by atoms with E-state index in [1.165, 1.54) is 5.56 Å². The zero-order valence-corrected chi connectivity index (χ0v) is 18.3. The van der Waals surface area contributed by atoms with E-state index < -0.39 is 18.0 Å². The van der Waals surface area contributed by atoms with E-state index in [9.17, 15) is 14.4 Å². The van der Waals surface area contributed by atoms with Crippen molar-refractivity contribution in [1.29, 1.82) is 0 Å². The number of amides is 3. The summed E-state index contributed by atoms with van der Waals surface area (Å²) in [4.78, 5) is 36.8. The van der Waals surface area contributed by atoms with Crippen molar-refractivity contribution >= 4 is 23.6 Å². The molecule has 0 heterocycles. The molecule has 0 bridgehead atoms. The second-order valence-corrected chi connectivity index (χ2v) is 7.79. The number of urea groups is 1. The monoisotopic (exact) mass is 425 g/mol. The van der Waals surface area contributed by atoms with Crippen LogP contribution >= 0.6 is 0 Å². The summed E-state index contributed by atoms with van der Waals surface area (Å²) < 4.78 is 5.15. The van der Waals surface area contributed by atoms with Gasteiger partial charge in [-0.05, 0) is 43.4 Å². The van der Waals surface area contributed by atoms with Crippen molar-refractivity contribution in [2.45, 2.75) is 45.7 Å². The van der Waals surface area contributed by atoms with Gasteiger partial charge in [0.1, 0.15) is 6.04 Å². The summed E-state index contributed by atoms with van der Waals surface area (Å²) in [6, 6.07) is 17.5. The molecule has 0 radical (unpaired) electrons. The fourth-order valence-electron chi connectivity index (χ4n) is 2.97. The second-order valence-electron chi connectivity index (χ2n) is 7.79. The van der Waals surface area contributed by atoms with Crippen molar-refractivity contribution in [2.24, 2.45) is 5.92 Å². The fraction of sp³-hybridized carbons (Fsp3) is 0.375. The summed E-state index contributed by atoms with van der Waals surface area (Å²) in [6.07, 6.45) is 1.62. The molecule has 2 aromatic carbocycles. The van der Waals surface area contributed by atoms with Crippen LogP contribution in [0.5, 0.6) is 0 Å². The molecule has 3 N–H and O–H groups in total. The standard InChI is InChI=1S/C24H31N3O4/c1-17(2)22(27-24(30)26-20-12-8-5-9-13-20)23(29)31-16-21(28)25-18(3)14-15-19-10-6-4-7-11-19/h4-13,17-18,22H,14-16H2,1-3H3,(H,25,28)(H2,26,27,30)/t18-,22+/m1/s1. The normalized spacial score (nSPS) is 12.5. The zero-order chi connectivity index (χ0) is 22.6. The van der Waals surface area contributed by atoms with E-state index in [4.69, 9.17) is 4.74 Å². The molecule has 0 saturated carbocycles. The molecule has 0 aliphatic heterocycles. The molecule has 2 atom stereocenters. The topological polar surface area (TPSA) is 96.5 Å². The van der Waals surface area contributed by atoms with Gasteiger partial charge in [0.05, 0.1) is 0 Å². The van der Waals surface area contributed by atoms with E-state index in [0.29, 0.717) is 5.69 Å². The van der Waals surface area contributed by atoms with Gasteiger partial charge in [-0.3, -0.25) is 4.79 Å². The Hall–Kier alpha value is -3.35. The molecule has 0 aromatic heterocycles. The number of carbonyl (C=O) groups is 3. The van der Waals surface area contributed by atoms with Gasteiger partial charge in [0.25, 0.3) is 5.91 Å². The van der Waals surface area contributed by atoms with Gasteiger partial charge in [-0.25, -0.2) is 9.59 Å². The lowest BCUT2D eigenvalue weighted by Crippen LogP contribution is -2.48. The quantitative estimate of drug-likeness (QED) is 0.508. The van der Waals surface area contributed by atoms with Crippen LogP contribution in [0.15, 0.2) is 60.7 Å². The van der Waals surface area contributed by atoms with Crippen LogP contribution in [0.3, 0.4) is 0 Å². The molecular formula is C24H31N3O4. The first-order chi connectivity index (χ1) is 14.8. The molecule has 2 rings (SSSR count). The third-order valence-electron chi connectivity index (χ3n) is 4.70. The minimum absolute atomic E-state index is 0.0536. The number of anilines is 1. The van der Waals surface area contributed by atoms with Crippen LogP contribution in [-0.4, -0.2) is 36.6 Å². The highest BCUT2D eigenvalue weighted by atomic mass is 16.5. The molecular weight excluding hydrogens is 394 g/mol. The van der Waals surface area contributed by atoms with Gasteiger partial charge in [-0.15, -0.1) is 0 Å². The average Bonchev–Trinajstić information content (AvgIpc) is 2.75. The van der Waals surface area contributed by atoms with Crippen molar-refractivity contribution in [3.8, 4) is 0 Å². The van der Waals surface area contributed by atoms with Crippen LogP contribution in [0.1, 0.15) is 32.8 Å². The van der Waals surface area contributed by atoms with Crippen LogP contribution in [0, 0.1) is 5.92 Å². The SMILES string of the molecule is CC(C)[C@H](NC(=O)Nc1ccccc1)C(=O)OCC(=O)N[C@H](C)CCc1ccccc1. The van der Waals surface area contributed by atoms with Gasteiger partial charge in [-0.2, -0.15) is 0 Å². The molecule has 7 heteroatoms. The summed E-state index contributed by atoms with van der Waals surface area (Å²) in [6.45, 7) is 5.11.